The molecule has 1 heterocycles. The number of hydrogen-bond acceptors (Lipinski definition) is 3. The van der Waals surface area contributed by atoms with Crippen LogP contribution < -0.4 is 4.74 Å². The fraction of sp³-hybridized carbons (Fsp3) is 0.400. The first-order chi connectivity index (χ1) is 8.85. The maximum atomic E-state index is 5.67. The van der Waals surface area contributed by atoms with Crippen LogP contribution in [-0.4, -0.2) is 25.3 Å². The largest absolute Gasteiger partial charge is 0.478 e. The third kappa shape index (κ3) is 2.99. The van der Waals surface area contributed by atoms with Crippen molar-refractivity contribution in [3.63, 3.8) is 0 Å². The van der Waals surface area contributed by atoms with Gasteiger partial charge in [-0.1, -0.05) is 25.1 Å². The van der Waals surface area contributed by atoms with Crippen molar-refractivity contribution in [1.82, 2.24) is 4.98 Å². The molecule has 2 rings (SSSR count). The Balaban J connectivity index is 2.18. The number of pyridine rings is 1. The molecule has 0 amide bonds. The summed E-state index contributed by atoms with van der Waals surface area (Å²) >= 11 is 0. The van der Waals surface area contributed by atoms with E-state index in [4.69, 9.17) is 9.47 Å². The second-order valence-electron chi connectivity index (χ2n) is 4.19. The van der Waals surface area contributed by atoms with E-state index in [0.29, 0.717) is 19.1 Å². The molecule has 0 saturated heterocycles. The Hall–Kier alpha value is -1.61. The summed E-state index contributed by atoms with van der Waals surface area (Å²) in [6.45, 7) is 3.51. The summed E-state index contributed by atoms with van der Waals surface area (Å²) in [5.74, 6) is 0.710. The van der Waals surface area contributed by atoms with E-state index in [1.807, 2.05) is 24.3 Å². The maximum absolute atomic E-state index is 5.67. The van der Waals surface area contributed by atoms with E-state index in [1.54, 1.807) is 7.11 Å². The van der Waals surface area contributed by atoms with Gasteiger partial charge in [-0.25, -0.2) is 4.98 Å². The molecule has 2 aromatic rings. The molecule has 0 unspecified atom stereocenters. The van der Waals surface area contributed by atoms with Crippen molar-refractivity contribution in [1.29, 1.82) is 0 Å². The van der Waals surface area contributed by atoms with Gasteiger partial charge in [0.25, 0.3) is 0 Å². The molecule has 0 N–H and O–H groups in total. The molecule has 0 aliphatic carbocycles. The molecule has 3 heteroatoms. The fourth-order valence-electron chi connectivity index (χ4n) is 1.97. The summed E-state index contributed by atoms with van der Waals surface area (Å²) in [7, 11) is 1.70. The van der Waals surface area contributed by atoms with Crippen molar-refractivity contribution in [2.24, 2.45) is 0 Å². The van der Waals surface area contributed by atoms with Gasteiger partial charge in [0.15, 0.2) is 0 Å². The highest BCUT2D eigenvalue weighted by Gasteiger charge is 2.04. The van der Waals surface area contributed by atoms with E-state index in [1.165, 1.54) is 10.9 Å². The van der Waals surface area contributed by atoms with Crippen LogP contribution >= 0.6 is 0 Å². The molecular weight excluding hydrogens is 226 g/mol. The van der Waals surface area contributed by atoms with Crippen LogP contribution in [0.2, 0.25) is 0 Å². The molecule has 3 nitrogen and oxygen atoms in total. The van der Waals surface area contributed by atoms with Gasteiger partial charge >= 0.3 is 0 Å². The molecule has 0 saturated carbocycles. The van der Waals surface area contributed by atoms with E-state index in [2.05, 4.69) is 18.0 Å². The molecule has 0 aliphatic rings. The molecule has 96 valence electrons. The lowest BCUT2D eigenvalue weighted by Gasteiger charge is -2.09. The summed E-state index contributed by atoms with van der Waals surface area (Å²) in [6, 6.07) is 10.2. The molecule has 0 fully saturated rings. The quantitative estimate of drug-likeness (QED) is 0.732. The molecule has 0 bridgehead atoms. The maximum Gasteiger partial charge on any atom is 0.214 e. The number of rotatable bonds is 6. The summed E-state index contributed by atoms with van der Waals surface area (Å²) in [5, 5.41) is 1.21. The van der Waals surface area contributed by atoms with Gasteiger partial charge in [-0.3, -0.25) is 0 Å². The van der Waals surface area contributed by atoms with Crippen LogP contribution in [0.4, 0.5) is 0 Å². The zero-order valence-electron chi connectivity index (χ0n) is 11.0. The Morgan fingerprint density at radius 1 is 1.17 bits per heavy atom. The third-order valence-electron chi connectivity index (χ3n) is 2.90. The van der Waals surface area contributed by atoms with Crippen molar-refractivity contribution in [2.45, 2.75) is 19.8 Å². The Kier molecular flexibility index (Phi) is 4.53. The highest BCUT2D eigenvalue weighted by molar-refractivity contribution is 5.82. The summed E-state index contributed by atoms with van der Waals surface area (Å²) in [5.41, 5.74) is 2.28. The van der Waals surface area contributed by atoms with Gasteiger partial charge in [-0.15, -0.1) is 0 Å². The first kappa shape index (κ1) is 12.8. The van der Waals surface area contributed by atoms with Crippen LogP contribution in [0.5, 0.6) is 5.88 Å². The minimum Gasteiger partial charge on any atom is -0.478 e. The number of aromatic nitrogens is 1. The van der Waals surface area contributed by atoms with Gasteiger partial charge in [0.05, 0.1) is 12.1 Å². The number of fused-ring (bicyclic) bond motifs is 1. The van der Waals surface area contributed by atoms with E-state index in [9.17, 15) is 0 Å². The summed E-state index contributed by atoms with van der Waals surface area (Å²) < 4.78 is 10.7. The molecule has 0 aliphatic heterocycles. The van der Waals surface area contributed by atoms with Gasteiger partial charge in [0.2, 0.25) is 5.88 Å². The lowest BCUT2D eigenvalue weighted by atomic mass is 10.1. The van der Waals surface area contributed by atoms with Gasteiger partial charge in [0.1, 0.15) is 0 Å². The molecule has 1 aromatic carbocycles. The smallest absolute Gasteiger partial charge is 0.214 e. The number of para-hydroxylation sites is 1. The van der Waals surface area contributed by atoms with Gasteiger partial charge in [-0.05, 0) is 18.1 Å². The predicted molar refractivity (Wildman–Crippen MR) is 73.1 cm³/mol. The van der Waals surface area contributed by atoms with Crippen molar-refractivity contribution in [3.8, 4) is 5.88 Å². The number of methoxy groups -OCH3 is 1. The Bertz CT molecular complexity index is 511. The Morgan fingerprint density at radius 3 is 2.78 bits per heavy atom. The Labute approximate surface area is 108 Å². The SMILES string of the molecule is CCc1cc(OCCCOC)nc2ccccc12. The summed E-state index contributed by atoms with van der Waals surface area (Å²) in [6.07, 6.45) is 1.87. The van der Waals surface area contributed by atoms with Crippen LogP contribution in [0, 0.1) is 0 Å². The van der Waals surface area contributed by atoms with Crippen LogP contribution in [0.15, 0.2) is 30.3 Å². The highest BCUT2D eigenvalue weighted by Crippen LogP contribution is 2.22. The van der Waals surface area contributed by atoms with Crippen LogP contribution in [0.1, 0.15) is 18.9 Å². The zero-order valence-corrected chi connectivity index (χ0v) is 11.0. The molecule has 0 radical (unpaired) electrons. The molecule has 1 aromatic heterocycles. The fourth-order valence-corrected chi connectivity index (χ4v) is 1.97. The average Bonchev–Trinajstić information content (AvgIpc) is 2.42. The molecule has 0 atom stereocenters. The van der Waals surface area contributed by atoms with Gasteiger partial charge in [-0.2, -0.15) is 0 Å². The number of benzene rings is 1. The number of hydrogen-bond donors (Lipinski definition) is 0. The minimum absolute atomic E-state index is 0.641. The van der Waals surface area contributed by atoms with Crippen LogP contribution in [-0.2, 0) is 11.2 Å². The number of ether oxygens (including phenoxy) is 2. The van der Waals surface area contributed by atoms with Crippen molar-refractivity contribution in [2.75, 3.05) is 20.3 Å². The normalized spacial score (nSPS) is 10.8. The van der Waals surface area contributed by atoms with E-state index in [0.717, 1.165) is 18.4 Å². The van der Waals surface area contributed by atoms with E-state index < -0.39 is 0 Å². The van der Waals surface area contributed by atoms with Gasteiger partial charge in [0, 0.05) is 31.6 Å². The minimum atomic E-state index is 0.641. The van der Waals surface area contributed by atoms with Crippen molar-refractivity contribution >= 4 is 10.9 Å². The third-order valence-corrected chi connectivity index (χ3v) is 2.90. The topological polar surface area (TPSA) is 31.4 Å². The zero-order chi connectivity index (χ0) is 12.8. The lowest BCUT2D eigenvalue weighted by molar-refractivity contribution is 0.170. The standard InChI is InChI=1S/C15H19NO2/c1-3-12-11-15(18-10-6-9-17-2)16-14-8-5-4-7-13(12)14/h4-5,7-8,11H,3,6,9-10H2,1-2H3. The number of nitrogens with zero attached hydrogens (tertiary/aromatic N) is 1. The molecule has 18 heavy (non-hydrogen) atoms. The van der Waals surface area contributed by atoms with Crippen molar-refractivity contribution in [3.05, 3.63) is 35.9 Å². The number of aryl methyl sites for hydroxylation is 1. The van der Waals surface area contributed by atoms with Gasteiger partial charge < -0.3 is 9.47 Å². The second-order valence-corrected chi connectivity index (χ2v) is 4.19. The lowest BCUT2D eigenvalue weighted by Crippen LogP contribution is -2.03. The molecular formula is C15H19NO2. The first-order valence-corrected chi connectivity index (χ1v) is 6.35. The summed E-state index contributed by atoms with van der Waals surface area (Å²) in [4.78, 5) is 4.52. The Morgan fingerprint density at radius 2 is 2.00 bits per heavy atom. The monoisotopic (exact) mass is 245 g/mol. The first-order valence-electron chi connectivity index (χ1n) is 6.35. The predicted octanol–water partition coefficient (Wildman–Crippen LogP) is 3.21. The van der Waals surface area contributed by atoms with Crippen LogP contribution in [0.25, 0.3) is 10.9 Å². The average molecular weight is 245 g/mol. The van der Waals surface area contributed by atoms with E-state index >= 15 is 0 Å². The second kappa shape index (κ2) is 6.36. The van der Waals surface area contributed by atoms with E-state index in [-0.39, 0.29) is 0 Å². The molecule has 0 spiro atoms. The van der Waals surface area contributed by atoms with Crippen molar-refractivity contribution < 1.29 is 9.47 Å². The van der Waals surface area contributed by atoms with Crippen LogP contribution in [0.3, 0.4) is 0 Å². The highest BCUT2D eigenvalue weighted by atomic mass is 16.5.